The Kier molecular flexibility index (Phi) is 3.32. The molecule has 2 heterocycles. The van der Waals surface area contributed by atoms with E-state index in [2.05, 4.69) is 0 Å². The van der Waals surface area contributed by atoms with Crippen LogP contribution >= 0.6 is 11.3 Å². The lowest BCUT2D eigenvalue weighted by atomic mass is 10.2. The van der Waals surface area contributed by atoms with Crippen LogP contribution in [0.3, 0.4) is 0 Å². The van der Waals surface area contributed by atoms with E-state index in [-0.39, 0.29) is 11.9 Å². The molecule has 0 radical (unpaired) electrons. The Balaban J connectivity index is 1.87. The standard InChI is InChI=1S/C16H15NO2S/c1-11(17(2)16(18)13-7-8-20-10-13)15-9-12-5-3-4-6-14(12)19-15/h3-11H,1-2H3/t11-/m1/s1. The number of carbonyl (C=O) groups is 1. The molecule has 3 aromatic rings. The van der Waals surface area contributed by atoms with Gasteiger partial charge in [-0.25, -0.2) is 0 Å². The van der Waals surface area contributed by atoms with E-state index < -0.39 is 0 Å². The predicted molar refractivity (Wildman–Crippen MR) is 81.0 cm³/mol. The maximum absolute atomic E-state index is 12.3. The van der Waals surface area contributed by atoms with E-state index in [1.54, 1.807) is 11.9 Å². The van der Waals surface area contributed by atoms with Crippen LogP contribution in [0.2, 0.25) is 0 Å². The smallest absolute Gasteiger partial charge is 0.255 e. The third kappa shape index (κ3) is 2.23. The van der Waals surface area contributed by atoms with Crippen LogP contribution in [0.5, 0.6) is 0 Å². The van der Waals surface area contributed by atoms with Crippen LogP contribution < -0.4 is 0 Å². The normalized spacial score (nSPS) is 12.5. The first-order chi connectivity index (χ1) is 9.66. The van der Waals surface area contributed by atoms with Gasteiger partial charge in [0.1, 0.15) is 11.3 Å². The third-order valence-electron chi connectivity index (χ3n) is 3.53. The van der Waals surface area contributed by atoms with Crippen molar-refractivity contribution in [1.82, 2.24) is 4.90 Å². The van der Waals surface area contributed by atoms with Crippen LogP contribution in [0.4, 0.5) is 0 Å². The van der Waals surface area contributed by atoms with Crippen molar-refractivity contribution in [2.45, 2.75) is 13.0 Å². The van der Waals surface area contributed by atoms with Crippen LogP contribution in [0.1, 0.15) is 29.1 Å². The number of hydrogen-bond donors (Lipinski definition) is 0. The monoisotopic (exact) mass is 285 g/mol. The number of thiophene rings is 1. The molecule has 0 saturated heterocycles. The van der Waals surface area contributed by atoms with E-state index in [0.29, 0.717) is 0 Å². The summed E-state index contributed by atoms with van der Waals surface area (Å²) in [6.45, 7) is 1.97. The first kappa shape index (κ1) is 12.9. The molecule has 0 saturated carbocycles. The third-order valence-corrected chi connectivity index (χ3v) is 4.21. The molecule has 1 amide bonds. The van der Waals surface area contributed by atoms with Gasteiger partial charge in [0.2, 0.25) is 0 Å². The van der Waals surface area contributed by atoms with Crippen molar-refractivity contribution in [2.24, 2.45) is 0 Å². The van der Waals surface area contributed by atoms with Crippen LogP contribution in [-0.2, 0) is 0 Å². The van der Waals surface area contributed by atoms with Gasteiger partial charge >= 0.3 is 0 Å². The highest BCUT2D eigenvalue weighted by atomic mass is 32.1. The summed E-state index contributed by atoms with van der Waals surface area (Å²) in [5.41, 5.74) is 1.58. The van der Waals surface area contributed by atoms with Crippen LogP contribution in [0.25, 0.3) is 11.0 Å². The Morgan fingerprint density at radius 1 is 1.30 bits per heavy atom. The average molecular weight is 285 g/mol. The summed E-state index contributed by atoms with van der Waals surface area (Å²) in [6.07, 6.45) is 0. The van der Waals surface area contributed by atoms with Crippen molar-refractivity contribution in [2.75, 3.05) is 7.05 Å². The predicted octanol–water partition coefficient (Wildman–Crippen LogP) is 4.33. The van der Waals surface area contributed by atoms with Crippen molar-refractivity contribution in [1.29, 1.82) is 0 Å². The Labute approximate surface area is 121 Å². The molecular weight excluding hydrogens is 270 g/mol. The van der Waals surface area contributed by atoms with E-state index in [1.165, 1.54) is 11.3 Å². The van der Waals surface area contributed by atoms with E-state index in [4.69, 9.17) is 4.42 Å². The first-order valence-electron chi connectivity index (χ1n) is 6.44. The second kappa shape index (κ2) is 5.13. The maximum Gasteiger partial charge on any atom is 0.255 e. The molecule has 0 aliphatic rings. The molecule has 2 aromatic heterocycles. The van der Waals surface area contributed by atoms with Crippen molar-refractivity contribution in [3.8, 4) is 0 Å². The summed E-state index contributed by atoms with van der Waals surface area (Å²) in [4.78, 5) is 14.0. The molecule has 0 spiro atoms. The fraction of sp³-hybridized carbons (Fsp3) is 0.188. The molecule has 3 rings (SSSR count). The van der Waals surface area contributed by atoms with E-state index in [9.17, 15) is 4.79 Å². The van der Waals surface area contributed by atoms with Gasteiger partial charge in [0.05, 0.1) is 11.6 Å². The number of amides is 1. The molecule has 102 valence electrons. The minimum atomic E-state index is -0.102. The highest BCUT2D eigenvalue weighted by Crippen LogP contribution is 2.27. The number of para-hydroxylation sites is 1. The number of carbonyl (C=O) groups excluding carboxylic acids is 1. The zero-order chi connectivity index (χ0) is 14.1. The second-order valence-electron chi connectivity index (χ2n) is 4.79. The van der Waals surface area contributed by atoms with E-state index in [0.717, 1.165) is 22.3 Å². The van der Waals surface area contributed by atoms with Crippen molar-refractivity contribution < 1.29 is 9.21 Å². The lowest BCUT2D eigenvalue weighted by molar-refractivity contribution is 0.0728. The van der Waals surface area contributed by atoms with Gasteiger partial charge in [-0.05, 0) is 30.5 Å². The summed E-state index contributed by atoms with van der Waals surface area (Å²) in [6, 6.07) is 11.6. The van der Waals surface area contributed by atoms with Crippen LogP contribution in [0, 0.1) is 0 Å². The fourth-order valence-corrected chi connectivity index (χ4v) is 2.79. The van der Waals surface area contributed by atoms with Gasteiger partial charge in [-0.15, -0.1) is 0 Å². The van der Waals surface area contributed by atoms with Gasteiger partial charge in [0.25, 0.3) is 5.91 Å². The van der Waals surface area contributed by atoms with Crippen molar-refractivity contribution in [3.63, 3.8) is 0 Å². The van der Waals surface area contributed by atoms with Gasteiger partial charge in [-0.2, -0.15) is 11.3 Å². The largest absolute Gasteiger partial charge is 0.459 e. The number of hydrogen-bond acceptors (Lipinski definition) is 3. The topological polar surface area (TPSA) is 33.5 Å². The van der Waals surface area contributed by atoms with Crippen molar-refractivity contribution >= 4 is 28.2 Å². The molecule has 1 atom stereocenters. The number of furan rings is 1. The number of nitrogens with zero attached hydrogens (tertiary/aromatic N) is 1. The summed E-state index contributed by atoms with van der Waals surface area (Å²) < 4.78 is 5.83. The summed E-state index contributed by atoms with van der Waals surface area (Å²) in [5, 5.41) is 4.84. The van der Waals surface area contributed by atoms with Gasteiger partial charge < -0.3 is 9.32 Å². The zero-order valence-corrected chi connectivity index (χ0v) is 12.2. The van der Waals surface area contributed by atoms with Gasteiger partial charge in [-0.3, -0.25) is 4.79 Å². The highest BCUT2D eigenvalue weighted by molar-refractivity contribution is 7.08. The Hall–Kier alpha value is -2.07. The average Bonchev–Trinajstić information content (AvgIpc) is 3.13. The van der Waals surface area contributed by atoms with E-state index >= 15 is 0 Å². The summed E-state index contributed by atoms with van der Waals surface area (Å²) in [5.74, 6) is 0.816. The molecule has 20 heavy (non-hydrogen) atoms. The number of rotatable bonds is 3. The van der Waals surface area contributed by atoms with Crippen molar-refractivity contribution in [3.05, 3.63) is 58.5 Å². The quantitative estimate of drug-likeness (QED) is 0.717. The highest BCUT2D eigenvalue weighted by Gasteiger charge is 2.21. The Morgan fingerprint density at radius 3 is 2.80 bits per heavy atom. The lowest BCUT2D eigenvalue weighted by Crippen LogP contribution is -2.29. The molecule has 0 aliphatic heterocycles. The van der Waals surface area contributed by atoms with Crippen LogP contribution in [0.15, 0.2) is 51.6 Å². The fourth-order valence-electron chi connectivity index (χ4n) is 2.16. The molecule has 1 aromatic carbocycles. The zero-order valence-electron chi connectivity index (χ0n) is 11.4. The second-order valence-corrected chi connectivity index (χ2v) is 5.57. The molecule has 0 aliphatic carbocycles. The molecule has 3 nitrogen and oxygen atoms in total. The molecule has 0 bridgehead atoms. The molecule has 0 fully saturated rings. The Bertz CT molecular complexity index is 697. The van der Waals surface area contributed by atoms with Crippen LogP contribution in [-0.4, -0.2) is 17.9 Å². The number of fused-ring (bicyclic) bond motifs is 1. The summed E-state index contributed by atoms with van der Waals surface area (Å²) in [7, 11) is 1.80. The molecule has 4 heteroatoms. The van der Waals surface area contributed by atoms with Gasteiger partial charge in [-0.1, -0.05) is 18.2 Å². The number of benzene rings is 1. The minimum absolute atomic E-state index is 0.0132. The molecular formula is C16H15NO2S. The van der Waals surface area contributed by atoms with Gasteiger partial charge in [0.15, 0.2) is 0 Å². The Morgan fingerprint density at radius 2 is 2.10 bits per heavy atom. The first-order valence-corrected chi connectivity index (χ1v) is 7.39. The maximum atomic E-state index is 12.3. The lowest BCUT2D eigenvalue weighted by Gasteiger charge is -2.22. The minimum Gasteiger partial charge on any atom is -0.459 e. The summed E-state index contributed by atoms with van der Waals surface area (Å²) >= 11 is 1.53. The van der Waals surface area contributed by atoms with Gasteiger partial charge in [0, 0.05) is 17.8 Å². The molecule has 0 N–H and O–H groups in total. The SMILES string of the molecule is C[C@H](c1cc2ccccc2o1)N(C)C(=O)c1ccsc1. The molecule has 0 unspecified atom stereocenters. The van der Waals surface area contributed by atoms with E-state index in [1.807, 2.05) is 54.1 Å².